The molecule has 91 heavy (non-hydrogen) atoms. The molecule has 0 bridgehead atoms. The Bertz CT molecular complexity index is 3860. The van der Waals surface area contributed by atoms with Crippen molar-refractivity contribution in [3.8, 4) is 84.6 Å². The normalized spacial score (nSPS) is 11.7. The van der Waals surface area contributed by atoms with Crippen molar-refractivity contribution < 1.29 is 20.1 Å². The molecule has 0 aliphatic carbocycles. The molecule has 0 spiro atoms. The van der Waals surface area contributed by atoms with E-state index < -0.39 is 24.2 Å². The Morgan fingerprint density at radius 3 is 0.769 bits per heavy atom. The molecule has 3 heterocycles. The molecule has 0 saturated carbocycles. The van der Waals surface area contributed by atoms with Crippen LogP contribution in [0.5, 0.6) is 0 Å². The van der Waals surface area contributed by atoms with E-state index in [9.17, 15) is 0 Å². The van der Waals surface area contributed by atoms with Crippen molar-refractivity contribution in [3.63, 3.8) is 0 Å². The third kappa shape index (κ3) is 15.5. The van der Waals surface area contributed by atoms with Crippen molar-refractivity contribution in [3.05, 3.63) is 272 Å². The molecule has 0 saturated heterocycles. The Morgan fingerprint density at radius 1 is 0.319 bits per heavy atom. The maximum atomic E-state index is 4.71. The molecule has 0 N–H and O–H groups in total. The molecule has 0 amide bonds. The van der Waals surface area contributed by atoms with E-state index in [1.165, 1.54) is 82.7 Å². The molecular formula is C81H87IrN6Si3. The molecule has 0 radical (unpaired) electrons. The van der Waals surface area contributed by atoms with Gasteiger partial charge < -0.3 is 13.7 Å². The van der Waals surface area contributed by atoms with E-state index in [-0.39, 0.29) is 20.1 Å². The topological polar surface area (TPSA) is 53.5 Å². The zero-order valence-corrected chi connectivity index (χ0v) is 61.2. The first-order valence-corrected chi connectivity index (χ1v) is 42.3. The van der Waals surface area contributed by atoms with Gasteiger partial charge in [-0.05, 0) is 51.1 Å². The van der Waals surface area contributed by atoms with Gasteiger partial charge in [0, 0.05) is 70.9 Å². The first kappa shape index (κ1) is 67.3. The van der Waals surface area contributed by atoms with Crippen molar-refractivity contribution in [2.75, 3.05) is 0 Å². The van der Waals surface area contributed by atoms with E-state index >= 15 is 0 Å². The van der Waals surface area contributed by atoms with Gasteiger partial charge in [-0.25, -0.2) is 0 Å². The van der Waals surface area contributed by atoms with E-state index in [4.69, 9.17) is 15.0 Å². The molecule has 9 aromatic carbocycles. The van der Waals surface area contributed by atoms with Gasteiger partial charge in [0.25, 0.3) is 0 Å². The molecule has 12 rings (SSSR count). The smallest absolute Gasteiger partial charge is 0.339 e. The number of imidazole rings is 3. The minimum Gasteiger partial charge on any atom is -0.339 e. The number of hydrogen-bond donors (Lipinski definition) is 0. The van der Waals surface area contributed by atoms with Crippen LogP contribution in [0.1, 0.15) is 76.0 Å². The predicted molar refractivity (Wildman–Crippen MR) is 391 cm³/mol. The number of aromatic nitrogens is 6. The van der Waals surface area contributed by atoms with Crippen molar-refractivity contribution in [1.82, 2.24) is 28.7 Å². The third-order valence-corrected chi connectivity index (χ3v) is 22.7. The van der Waals surface area contributed by atoms with Gasteiger partial charge in [0.1, 0.15) is 0 Å². The summed E-state index contributed by atoms with van der Waals surface area (Å²) in [6.45, 7) is 35.5. The summed E-state index contributed by atoms with van der Waals surface area (Å²) in [5, 5.41) is 4.46. The van der Waals surface area contributed by atoms with Crippen molar-refractivity contribution >= 4 is 39.8 Å². The fourth-order valence-corrected chi connectivity index (χ4v) is 15.1. The fourth-order valence-electron chi connectivity index (χ4n) is 11.6. The monoisotopic (exact) mass is 1420 g/mol. The van der Waals surface area contributed by atoms with Crippen LogP contribution in [0.15, 0.2) is 237 Å². The molecular weight excluding hydrogens is 1330 g/mol. The fraction of sp³-hybridized carbons (Fsp3) is 0.222. The molecule has 0 atom stereocenters. The summed E-state index contributed by atoms with van der Waals surface area (Å²) in [6.07, 6.45) is 11.9. The Morgan fingerprint density at radius 2 is 0.560 bits per heavy atom. The molecule has 0 aliphatic rings. The first-order valence-electron chi connectivity index (χ1n) is 31.8. The Labute approximate surface area is 559 Å². The summed E-state index contributed by atoms with van der Waals surface area (Å²) < 4.78 is 6.74. The van der Waals surface area contributed by atoms with E-state index in [0.717, 1.165) is 34.2 Å². The van der Waals surface area contributed by atoms with Crippen LogP contribution in [-0.4, -0.2) is 52.9 Å². The molecule has 12 aromatic rings. The van der Waals surface area contributed by atoms with Gasteiger partial charge in [-0.2, -0.15) is 0 Å². The van der Waals surface area contributed by atoms with E-state index in [2.05, 4.69) is 297 Å². The summed E-state index contributed by atoms with van der Waals surface area (Å²) in [4.78, 5) is 14.1. The van der Waals surface area contributed by atoms with Crippen molar-refractivity contribution in [2.24, 2.45) is 0 Å². The minimum absolute atomic E-state index is 0. The van der Waals surface area contributed by atoms with Crippen LogP contribution >= 0.6 is 0 Å². The SMILES string of the molecule is CC(C)c1cc([Si](C)(C)C)cc(-c2ccccc2)c1-n1ccnc1-c1[c-]cccc1.CC(C)c1cc([Si](C)(C)C)cc(-c2ccccc2)c1-n1ccnc1-c1[c-]cccc1.CC(C)c1cc([Si](C)(C)C)cc(-c2ccccc2)c1-n1ccnc1-c1[c-]cccc1.[Ir+3]. The number of rotatable bonds is 15. The van der Waals surface area contributed by atoms with Gasteiger partial charge in [0.05, 0.1) is 41.7 Å². The molecule has 0 aliphatic heterocycles. The van der Waals surface area contributed by atoms with Gasteiger partial charge >= 0.3 is 20.1 Å². The summed E-state index contributed by atoms with van der Waals surface area (Å²) in [6, 6.07) is 81.0. The van der Waals surface area contributed by atoms with E-state index in [1.54, 1.807) is 0 Å². The van der Waals surface area contributed by atoms with Crippen LogP contribution < -0.4 is 15.6 Å². The summed E-state index contributed by atoms with van der Waals surface area (Å²) in [7, 11) is -4.47. The molecule has 0 fully saturated rings. The zero-order chi connectivity index (χ0) is 63.9. The standard InChI is InChI=1S/3C27H29N2Si.Ir/c3*1-20(2)24-18-23(30(3,4)5)19-25(21-12-8-6-9-13-21)26(24)29-17-16-28-27(29)22-14-10-7-11-15-22;/h3*6-14,16-20H,1-5H3;/q3*-1;+3. The van der Waals surface area contributed by atoms with Crippen LogP contribution in [0.4, 0.5) is 0 Å². The second-order valence-electron chi connectivity index (χ2n) is 27.4. The molecule has 0 unspecified atom stereocenters. The van der Waals surface area contributed by atoms with Crippen molar-refractivity contribution in [2.45, 2.75) is 118 Å². The number of benzene rings is 9. The molecule has 10 heteroatoms. The van der Waals surface area contributed by atoms with Crippen LogP contribution in [-0.2, 0) is 20.1 Å². The first-order chi connectivity index (χ1) is 43.1. The maximum Gasteiger partial charge on any atom is 3.00 e. The second-order valence-corrected chi connectivity index (χ2v) is 42.6. The third-order valence-electron chi connectivity index (χ3n) is 16.6. The average molecular weight is 1420 g/mol. The molecule has 462 valence electrons. The van der Waals surface area contributed by atoms with Gasteiger partial charge in [-0.1, -0.05) is 243 Å². The van der Waals surface area contributed by atoms with Crippen molar-refractivity contribution in [1.29, 1.82) is 0 Å². The Hall–Kier alpha value is -8.09. The van der Waals surface area contributed by atoms with Crippen LogP contribution in [0.25, 0.3) is 84.6 Å². The van der Waals surface area contributed by atoms with Gasteiger partial charge in [0.2, 0.25) is 0 Å². The van der Waals surface area contributed by atoms with E-state index in [0.29, 0.717) is 17.8 Å². The summed E-state index contributed by atoms with van der Waals surface area (Å²) >= 11 is 0. The van der Waals surface area contributed by atoms with Gasteiger partial charge in [-0.3, -0.25) is 15.0 Å². The number of hydrogen-bond acceptors (Lipinski definition) is 3. The molecule has 3 aromatic heterocycles. The minimum atomic E-state index is -1.49. The van der Waals surface area contributed by atoms with Crippen LogP contribution in [0.3, 0.4) is 0 Å². The largest absolute Gasteiger partial charge is 3.00 e. The Balaban J connectivity index is 0.000000161. The summed E-state index contributed by atoms with van der Waals surface area (Å²) in [5.74, 6) is 3.97. The predicted octanol–water partition coefficient (Wildman–Crippen LogP) is 20.0. The average Bonchev–Trinajstić information content (AvgIpc) is 1.77. The maximum absolute atomic E-state index is 4.71. The van der Waals surface area contributed by atoms with Gasteiger partial charge in [-0.15, -0.1) is 108 Å². The van der Waals surface area contributed by atoms with Gasteiger partial charge in [0.15, 0.2) is 0 Å². The van der Waals surface area contributed by atoms with Crippen LogP contribution in [0.2, 0.25) is 58.9 Å². The quantitative estimate of drug-likeness (QED) is 0.0759. The van der Waals surface area contributed by atoms with E-state index in [1.807, 2.05) is 73.2 Å². The Kier molecular flexibility index (Phi) is 21.5. The van der Waals surface area contributed by atoms with Crippen LogP contribution in [0, 0.1) is 18.2 Å². The summed E-state index contributed by atoms with van der Waals surface area (Å²) in [5.41, 5.74) is 18.3. The second kappa shape index (κ2) is 29.0. The number of nitrogens with zero attached hydrogens (tertiary/aromatic N) is 6. The zero-order valence-electron chi connectivity index (χ0n) is 55.8. The molecule has 6 nitrogen and oxygen atoms in total.